The number of aryl methyl sites for hydroxylation is 2. The summed E-state index contributed by atoms with van der Waals surface area (Å²) in [6.45, 7) is 0. The number of rotatable bonds is 4. The third-order valence-electron chi connectivity index (χ3n) is 1.74. The second-order valence-electron chi connectivity index (χ2n) is 2.95. The van der Waals surface area contributed by atoms with Crippen LogP contribution in [-0.2, 0) is 18.3 Å². The van der Waals surface area contributed by atoms with Gasteiger partial charge in [-0.1, -0.05) is 0 Å². The van der Waals surface area contributed by atoms with Gasteiger partial charge in [0.15, 0.2) is 0 Å². The monoisotopic (exact) mass is 183 g/mol. The second kappa shape index (κ2) is 3.93. The van der Waals surface area contributed by atoms with E-state index in [-0.39, 0.29) is 6.42 Å². The quantitative estimate of drug-likeness (QED) is 0.708. The van der Waals surface area contributed by atoms with E-state index in [2.05, 4.69) is 5.10 Å². The van der Waals surface area contributed by atoms with Gasteiger partial charge in [-0.15, -0.1) is 0 Å². The minimum absolute atomic E-state index is 0.163. The lowest BCUT2D eigenvalue weighted by Gasteiger charge is -1.95. The van der Waals surface area contributed by atoms with Gasteiger partial charge in [-0.3, -0.25) is 9.48 Å². The van der Waals surface area contributed by atoms with Crippen LogP contribution in [0.2, 0.25) is 0 Å². The molecule has 0 saturated heterocycles. The van der Waals surface area contributed by atoms with E-state index in [4.69, 9.17) is 10.8 Å². The van der Waals surface area contributed by atoms with Gasteiger partial charge in [0.1, 0.15) is 0 Å². The molecule has 3 N–H and O–H groups in total. The third kappa shape index (κ3) is 2.77. The normalized spacial score (nSPS) is 10.2. The molecular formula is C8H13N3O2. The summed E-state index contributed by atoms with van der Waals surface area (Å²) < 4.78 is 1.63. The highest BCUT2D eigenvalue weighted by Gasteiger charge is 2.04. The van der Waals surface area contributed by atoms with E-state index in [0.717, 1.165) is 5.69 Å². The predicted octanol–water partition coefficient (Wildman–Crippen LogP) is 0.410. The highest BCUT2D eigenvalue weighted by Crippen LogP contribution is 2.11. The molecule has 0 bridgehead atoms. The number of nitrogens with two attached hydrogens (primary N) is 1. The molecule has 72 valence electrons. The molecule has 1 rings (SSSR count). The van der Waals surface area contributed by atoms with Gasteiger partial charge in [-0.2, -0.15) is 5.10 Å². The van der Waals surface area contributed by atoms with Crippen molar-refractivity contribution < 1.29 is 9.90 Å². The first-order valence-corrected chi connectivity index (χ1v) is 4.09. The van der Waals surface area contributed by atoms with Gasteiger partial charge in [0.25, 0.3) is 0 Å². The lowest BCUT2D eigenvalue weighted by Crippen LogP contribution is -1.98. The minimum atomic E-state index is -0.783. The SMILES string of the molecule is Cn1cc(N)c(CCCC(=O)O)n1. The average molecular weight is 183 g/mol. The van der Waals surface area contributed by atoms with Crippen molar-refractivity contribution in [1.82, 2.24) is 9.78 Å². The molecule has 1 aromatic rings. The molecule has 5 nitrogen and oxygen atoms in total. The molecule has 0 unspecified atom stereocenters. The molecule has 0 spiro atoms. The lowest BCUT2D eigenvalue weighted by atomic mass is 10.2. The van der Waals surface area contributed by atoms with Crippen molar-refractivity contribution in [3.63, 3.8) is 0 Å². The Morgan fingerprint density at radius 1 is 1.77 bits per heavy atom. The van der Waals surface area contributed by atoms with Crippen LogP contribution >= 0.6 is 0 Å². The van der Waals surface area contributed by atoms with Crippen LogP contribution in [0.15, 0.2) is 6.20 Å². The molecular weight excluding hydrogens is 170 g/mol. The van der Waals surface area contributed by atoms with Crippen LogP contribution in [0.3, 0.4) is 0 Å². The first-order chi connectivity index (χ1) is 6.09. The number of nitrogen functional groups attached to an aromatic ring is 1. The zero-order chi connectivity index (χ0) is 9.84. The van der Waals surface area contributed by atoms with Gasteiger partial charge in [0.05, 0.1) is 11.4 Å². The number of hydrogen-bond donors (Lipinski definition) is 2. The molecule has 0 aliphatic heterocycles. The lowest BCUT2D eigenvalue weighted by molar-refractivity contribution is -0.137. The van der Waals surface area contributed by atoms with Crippen molar-refractivity contribution in [2.24, 2.45) is 7.05 Å². The van der Waals surface area contributed by atoms with Gasteiger partial charge in [-0.05, 0) is 12.8 Å². The van der Waals surface area contributed by atoms with E-state index >= 15 is 0 Å². The number of anilines is 1. The van der Waals surface area contributed by atoms with Crippen molar-refractivity contribution in [3.8, 4) is 0 Å². The highest BCUT2D eigenvalue weighted by atomic mass is 16.4. The number of aromatic nitrogens is 2. The van der Waals surface area contributed by atoms with Crippen LogP contribution in [0.4, 0.5) is 5.69 Å². The summed E-state index contributed by atoms with van der Waals surface area (Å²) in [5.41, 5.74) is 7.04. The molecule has 13 heavy (non-hydrogen) atoms. The number of hydrogen-bond acceptors (Lipinski definition) is 3. The van der Waals surface area contributed by atoms with Crippen molar-refractivity contribution in [1.29, 1.82) is 0 Å². The fourth-order valence-corrected chi connectivity index (χ4v) is 1.15. The first kappa shape index (κ1) is 9.57. The van der Waals surface area contributed by atoms with Crippen LogP contribution < -0.4 is 5.73 Å². The van der Waals surface area contributed by atoms with Crippen molar-refractivity contribution in [3.05, 3.63) is 11.9 Å². The van der Waals surface area contributed by atoms with E-state index < -0.39 is 5.97 Å². The maximum absolute atomic E-state index is 10.2. The number of aliphatic carboxylic acids is 1. The fourth-order valence-electron chi connectivity index (χ4n) is 1.15. The van der Waals surface area contributed by atoms with Crippen LogP contribution in [0.25, 0.3) is 0 Å². The Balaban J connectivity index is 2.45. The second-order valence-corrected chi connectivity index (χ2v) is 2.95. The molecule has 0 saturated carbocycles. The van der Waals surface area contributed by atoms with Gasteiger partial charge >= 0.3 is 5.97 Å². The van der Waals surface area contributed by atoms with Crippen molar-refractivity contribution in [2.75, 3.05) is 5.73 Å². The minimum Gasteiger partial charge on any atom is -0.481 e. The average Bonchev–Trinajstić information content (AvgIpc) is 2.29. The van der Waals surface area contributed by atoms with Gasteiger partial charge in [0.2, 0.25) is 0 Å². The smallest absolute Gasteiger partial charge is 0.303 e. The summed E-state index contributed by atoms with van der Waals surface area (Å²) in [6.07, 6.45) is 3.08. The van der Waals surface area contributed by atoms with Crippen molar-refractivity contribution in [2.45, 2.75) is 19.3 Å². The Bertz CT molecular complexity index is 306. The largest absolute Gasteiger partial charge is 0.481 e. The van der Waals surface area contributed by atoms with E-state index in [1.54, 1.807) is 17.9 Å². The summed E-state index contributed by atoms with van der Waals surface area (Å²) >= 11 is 0. The summed E-state index contributed by atoms with van der Waals surface area (Å²) in [6, 6.07) is 0. The van der Waals surface area contributed by atoms with E-state index in [9.17, 15) is 4.79 Å². The molecule has 0 fully saturated rings. The molecule has 0 aromatic carbocycles. The van der Waals surface area contributed by atoms with E-state index in [1.807, 2.05) is 0 Å². The summed E-state index contributed by atoms with van der Waals surface area (Å²) in [5.74, 6) is -0.783. The van der Waals surface area contributed by atoms with Gasteiger partial charge in [0, 0.05) is 19.7 Å². The Labute approximate surface area is 76.2 Å². The molecule has 5 heteroatoms. The van der Waals surface area contributed by atoms with E-state index in [0.29, 0.717) is 18.5 Å². The molecule has 0 radical (unpaired) electrons. The molecule has 0 aliphatic carbocycles. The maximum Gasteiger partial charge on any atom is 0.303 e. The van der Waals surface area contributed by atoms with Crippen LogP contribution in [-0.4, -0.2) is 20.9 Å². The Morgan fingerprint density at radius 3 is 2.92 bits per heavy atom. The zero-order valence-electron chi connectivity index (χ0n) is 7.53. The van der Waals surface area contributed by atoms with Crippen LogP contribution in [0.5, 0.6) is 0 Å². The third-order valence-corrected chi connectivity index (χ3v) is 1.74. The summed E-state index contributed by atoms with van der Waals surface area (Å²) in [7, 11) is 1.79. The maximum atomic E-state index is 10.2. The Kier molecular flexibility index (Phi) is 2.89. The highest BCUT2D eigenvalue weighted by molar-refractivity contribution is 5.66. The molecule has 1 heterocycles. The Hall–Kier alpha value is -1.52. The molecule has 0 amide bonds. The number of carboxylic acid groups (broad SMARTS) is 1. The molecule has 1 aromatic heterocycles. The number of carbonyl (C=O) groups is 1. The Morgan fingerprint density at radius 2 is 2.46 bits per heavy atom. The van der Waals surface area contributed by atoms with Gasteiger partial charge < -0.3 is 10.8 Å². The number of carboxylic acids is 1. The number of nitrogens with zero attached hydrogens (tertiary/aromatic N) is 2. The molecule has 0 atom stereocenters. The van der Waals surface area contributed by atoms with Crippen LogP contribution in [0, 0.1) is 0 Å². The summed E-state index contributed by atoms with van der Waals surface area (Å²) in [4.78, 5) is 10.2. The molecule has 0 aliphatic rings. The first-order valence-electron chi connectivity index (χ1n) is 4.09. The van der Waals surface area contributed by atoms with Crippen LogP contribution in [0.1, 0.15) is 18.5 Å². The summed E-state index contributed by atoms with van der Waals surface area (Å²) in [5, 5.41) is 12.5. The topological polar surface area (TPSA) is 81.1 Å². The predicted molar refractivity (Wildman–Crippen MR) is 48.2 cm³/mol. The van der Waals surface area contributed by atoms with Crippen molar-refractivity contribution >= 4 is 11.7 Å². The van der Waals surface area contributed by atoms with Gasteiger partial charge in [-0.25, -0.2) is 0 Å². The standard InChI is InChI=1S/C8H13N3O2/c1-11-5-6(9)7(10-11)3-2-4-8(12)13/h5H,2-4,9H2,1H3,(H,12,13). The van der Waals surface area contributed by atoms with E-state index in [1.165, 1.54) is 0 Å². The zero-order valence-corrected chi connectivity index (χ0v) is 7.53. The fraction of sp³-hybridized carbons (Fsp3) is 0.500.